The van der Waals surface area contributed by atoms with Crippen LogP contribution in [0.4, 0.5) is 5.82 Å². The first-order valence-corrected chi connectivity index (χ1v) is 6.73. The fraction of sp³-hybridized carbons (Fsp3) is 0.312. The predicted octanol–water partition coefficient (Wildman–Crippen LogP) is 2.80. The first-order chi connectivity index (χ1) is 9.53. The van der Waals surface area contributed by atoms with Gasteiger partial charge >= 0.3 is 0 Å². The van der Waals surface area contributed by atoms with E-state index in [9.17, 15) is 4.79 Å². The van der Waals surface area contributed by atoms with Crippen LogP contribution in [0, 0.1) is 6.92 Å². The van der Waals surface area contributed by atoms with Gasteiger partial charge in [0.25, 0.3) is 0 Å². The van der Waals surface area contributed by atoms with Crippen LogP contribution in [-0.4, -0.2) is 15.9 Å². The van der Waals surface area contributed by atoms with E-state index < -0.39 is 5.41 Å². The predicted molar refractivity (Wildman–Crippen MR) is 77.6 cm³/mol. The standard InChI is InChI=1S/C16H17N3O/c1-10-6-7-12(9-18-10)11(2)16(3)13-5-4-8-17-14(13)19-15(16)20/h4-9,11H,1-3H3,(H,17,19,20)/t11-,16-/m1/s1. The number of rotatable bonds is 2. The number of fused-ring (bicyclic) bond motifs is 1. The molecule has 0 fully saturated rings. The largest absolute Gasteiger partial charge is 0.310 e. The minimum absolute atomic E-state index is 0.000671. The van der Waals surface area contributed by atoms with Crippen molar-refractivity contribution in [2.24, 2.45) is 0 Å². The van der Waals surface area contributed by atoms with E-state index in [2.05, 4.69) is 22.2 Å². The van der Waals surface area contributed by atoms with Crippen LogP contribution in [0.25, 0.3) is 0 Å². The molecule has 2 atom stereocenters. The molecule has 0 aliphatic carbocycles. The zero-order valence-corrected chi connectivity index (χ0v) is 11.8. The van der Waals surface area contributed by atoms with Crippen LogP contribution in [0.15, 0.2) is 36.7 Å². The van der Waals surface area contributed by atoms with Gasteiger partial charge < -0.3 is 5.32 Å². The van der Waals surface area contributed by atoms with Crippen molar-refractivity contribution < 1.29 is 4.79 Å². The number of hydrogen-bond donors (Lipinski definition) is 1. The normalized spacial score (nSPS) is 22.2. The molecule has 0 spiro atoms. The van der Waals surface area contributed by atoms with Crippen LogP contribution in [0.3, 0.4) is 0 Å². The van der Waals surface area contributed by atoms with E-state index >= 15 is 0 Å². The molecule has 4 heteroatoms. The van der Waals surface area contributed by atoms with Crippen molar-refractivity contribution in [1.29, 1.82) is 0 Å². The molecule has 4 nitrogen and oxygen atoms in total. The third-order valence-corrected chi connectivity index (χ3v) is 4.37. The van der Waals surface area contributed by atoms with Crippen molar-refractivity contribution >= 4 is 11.7 Å². The second-order valence-corrected chi connectivity index (χ2v) is 5.51. The summed E-state index contributed by atoms with van der Waals surface area (Å²) in [6.07, 6.45) is 3.55. The van der Waals surface area contributed by atoms with Crippen molar-refractivity contribution in [3.63, 3.8) is 0 Å². The number of hydrogen-bond acceptors (Lipinski definition) is 3. The first-order valence-electron chi connectivity index (χ1n) is 6.73. The highest BCUT2D eigenvalue weighted by molar-refractivity contribution is 6.05. The van der Waals surface area contributed by atoms with E-state index in [1.54, 1.807) is 6.20 Å². The Kier molecular flexibility index (Phi) is 2.82. The Balaban J connectivity index is 2.08. The maximum atomic E-state index is 12.5. The molecule has 3 heterocycles. The summed E-state index contributed by atoms with van der Waals surface area (Å²) in [6, 6.07) is 7.86. The van der Waals surface area contributed by atoms with Gasteiger partial charge in [-0.1, -0.05) is 19.1 Å². The minimum Gasteiger partial charge on any atom is -0.310 e. The molecule has 1 amide bonds. The molecular weight excluding hydrogens is 250 g/mol. The fourth-order valence-corrected chi connectivity index (χ4v) is 2.78. The molecule has 0 aromatic carbocycles. The Labute approximate surface area is 118 Å². The Morgan fingerprint density at radius 1 is 1.25 bits per heavy atom. The summed E-state index contributed by atoms with van der Waals surface area (Å²) < 4.78 is 0. The van der Waals surface area contributed by atoms with Crippen molar-refractivity contribution in [3.05, 3.63) is 53.5 Å². The maximum absolute atomic E-state index is 12.5. The number of aromatic nitrogens is 2. The molecule has 1 N–H and O–H groups in total. The number of nitrogens with zero attached hydrogens (tertiary/aromatic N) is 2. The summed E-state index contributed by atoms with van der Waals surface area (Å²) in [7, 11) is 0. The van der Waals surface area contributed by atoms with Gasteiger partial charge in [-0.25, -0.2) is 4.98 Å². The van der Waals surface area contributed by atoms with E-state index in [4.69, 9.17) is 0 Å². The second-order valence-electron chi connectivity index (χ2n) is 5.51. The molecule has 102 valence electrons. The number of pyridine rings is 2. The van der Waals surface area contributed by atoms with Crippen molar-refractivity contribution in [2.75, 3.05) is 5.32 Å². The summed E-state index contributed by atoms with van der Waals surface area (Å²) in [5.41, 5.74) is 2.38. The lowest BCUT2D eigenvalue weighted by Gasteiger charge is -2.29. The van der Waals surface area contributed by atoms with Gasteiger partial charge in [0.1, 0.15) is 5.82 Å². The SMILES string of the molecule is Cc1ccc([C@@H](C)[C@@]2(C)C(=O)Nc3ncccc32)cn1. The number of amides is 1. The molecule has 1 aliphatic heterocycles. The Bertz CT molecular complexity index is 666. The Morgan fingerprint density at radius 3 is 2.75 bits per heavy atom. The smallest absolute Gasteiger partial charge is 0.236 e. The monoisotopic (exact) mass is 267 g/mol. The van der Waals surface area contributed by atoms with Crippen molar-refractivity contribution in [1.82, 2.24) is 9.97 Å². The average molecular weight is 267 g/mol. The summed E-state index contributed by atoms with van der Waals surface area (Å²) in [4.78, 5) is 21.0. The highest BCUT2D eigenvalue weighted by atomic mass is 16.2. The Hall–Kier alpha value is -2.23. The Morgan fingerprint density at radius 2 is 2.05 bits per heavy atom. The molecule has 1 aliphatic rings. The topological polar surface area (TPSA) is 54.9 Å². The van der Waals surface area contributed by atoms with Gasteiger partial charge in [0, 0.05) is 29.6 Å². The van der Waals surface area contributed by atoms with Crippen LogP contribution in [-0.2, 0) is 10.2 Å². The lowest BCUT2D eigenvalue weighted by atomic mass is 9.71. The van der Waals surface area contributed by atoms with Crippen LogP contribution in [0.5, 0.6) is 0 Å². The highest BCUT2D eigenvalue weighted by Gasteiger charge is 2.47. The van der Waals surface area contributed by atoms with Gasteiger partial charge in [0.2, 0.25) is 5.91 Å². The first kappa shape index (κ1) is 12.8. The van der Waals surface area contributed by atoms with Crippen molar-refractivity contribution in [3.8, 4) is 0 Å². The van der Waals surface area contributed by atoms with E-state index in [0.29, 0.717) is 5.82 Å². The van der Waals surface area contributed by atoms with Gasteiger partial charge in [-0.3, -0.25) is 9.78 Å². The third kappa shape index (κ3) is 1.72. The molecular formula is C16H17N3O. The van der Waals surface area contributed by atoms with Gasteiger partial charge in [0.15, 0.2) is 0 Å². The summed E-state index contributed by atoms with van der Waals surface area (Å²) >= 11 is 0. The molecule has 2 aromatic rings. The van der Waals surface area contributed by atoms with Crippen LogP contribution in [0.1, 0.15) is 36.6 Å². The van der Waals surface area contributed by atoms with Gasteiger partial charge in [-0.15, -0.1) is 0 Å². The number of aryl methyl sites for hydroxylation is 1. The summed E-state index contributed by atoms with van der Waals surface area (Å²) in [6.45, 7) is 5.99. The lowest BCUT2D eigenvalue weighted by molar-refractivity contribution is -0.120. The van der Waals surface area contributed by atoms with Crippen LogP contribution < -0.4 is 5.32 Å². The number of carbonyl (C=O) groups excluding carboxylic acids is 1. The molecule has 2 aromatic heterocycles. The molecule has 3 rings (SSSR count). The summed E-state index contributed by atoms with van der Waals surface area (Å²) in [5.74, 6) is 0.701. The molecule has 0 saturated carbocycles. The van der Waals surface area contributed by atoms with Crippen molar-refractivity contribution in [2.45, 2.75) is 32.1 Å². The quantitative estimate of drug-likeness (QED) is 0.910. The minimum atomic E-state index is -0.611. The molecule has 0 saturated heterocycles. The number of anilines is 1. The second kappa shape index (κ2) is 4.40. The maximum Gasteiger partial charge on any atom is 0.236 e. The molecule has 0 unspecified atom stereocenters. The zero-order valence-electron chi connectivity index (χ0n) is 11.8. The molecule has 20 heavy (non-hydrogen) atoms. The average Bonchev–Trinajstić information content (AvgIpc) is 2.72. The molecule has 0 bridgehead atoms. The van der Waals surface area contributed by atoms with E-state index in [1.807, 2.05) is 44.3 Å². The van der Waals surface area contributed by atoms with Gasteiger partial charge in [-0.05, 0) is 31.5 Å². The van der Waals surface area contributed by atoms with Gasteiger partial charge in [-0.2, -0.15) is 0 Å². The van der Waals surface area contributed by atoms with Gasteiger partial charge in [0.05, 0.1) is 5.41 Å². The lowest BCUT2D eigenvalue weighted by Crippen LogP contribution is -2.36. The number of carbonyl (C=O) groups is 1. The fourth-order valence-electron chi connectivity index (χ4n) is 2.78. The molecule has 0 radical (unpaired) electrons. The highest BCUT2D eigenvalue weighted by Crippen LogP contribution is 2.45. The van der Waals surface area contributed by atoms with Crippen LogP contribution >= 0.6 is 0 Å². The summed E-state index contributed by atoms with van der Waals surface area (Å²) in [5, 5.41) is 2.88. The van der Waals surface area contributed by atoms with E-state index in [1.165, 1.54) is 0 Å². The third-order valence-electron chi connectivity index (χ3n) is 4.37. The van der Waals surface area contributed by atoms with Crippen LogP contribution in [0.2, 0.25) is 0 Å². The van der Waals surface area contributed by atoms with E-state index in [-0.39, 0.29) is 11.8 Å². The van der Waals surface area contributed by atoms with E-state index in [0.717, 1.165) is 16.8 Å². The number of nitrogens with one attached hydrogen (secondary N) is 1. The zero-order chi connectivity index (χ0) is 14.3.